The maximum Gasteiger partial charge on any atom is 0.305 e. The van der Waals surface area contributed by atoms with Crippen molar-refractivity contribution in [3.05, 3.63) is 0 Å². The van der Waals surface area contributed by atoms with E-state index in [1.54, 1.807) is 0 Å². The fourth-order valence-corrected chi connectivity index (χ4v) is 0.917. The Kier molecular flexibility index (Phi) is 5.72. The van der Waals surface area contributed by atoms with Crippen molar-refractivity contribution in [3.63, 3.8) is 0 Å². The molecule has 0 radical (unpaired) electrons. The molecule has 3 heteroatoms. The number of hydrogen-bond acceptors (Lipinski definition) is 3. The molecule has 0 saturated carbocycles. The summed E-state index contributed by atoms with van der Waals surface area (Å²) in [5.41, 5.74) is 5.79. The number of carbonyl (C=O) groups excluding carboxylic acids is 1. The molecule has 0 aromatic heterocycles. The molecule has 1 atom stereocenters. The van der Waals surface area contributed by atoms with Crippen LogP contribution in [0.3, 0.4) is 0 Å². The number of ether oxygens (including phenoxy) is 1. The number of nitrogens with two attached hydrogens (primary N) is 1. The zero-order valence-electron chi connectivity index (χ0n) is 8.17. The lowest BCUT2D eigenvalue weighted by molar-refractivity contribution is -0.140. The second-order valence-corrected chi connectivity index (χ2v) is 3.38. The Morgan fingerprint density at radius 1 is 1.50 bits per heavy atom. The maximum atomic E-state index is 10.7. The van der Waals surface area contributed by atoms with Gasteiger partial charge in [0.05, 0.1) is 7.11 Å². The Hall–Kier alpha value is -0.570. The highest BCUT2D eigenvalue weighted by atomic mass is 16.5. The predicted molar refractivity (Wildman–Crippen MR) is 48.7 cm³/mol. The molecule has 0 saturated heterocycles. The van der Waals surface area contributed by atoms with Crippen LogP contribution in [0.1, 0.15) is 33.1 Å². The maximum absolute atomic E-state index is 10.7. The molecule has 0 aliphatic carbocycles. The molecule has 72 valence electrons. The van der Waals surface area contributed by atoms with Gasteiger partial charge in [-0.1, -0.05) is 13.8 Å². The molecule has 2 N–H and O–H groups in total. The van der Waals surface area contributed by atoms with Crippen LogP contribution in [0.4, 0.5) is 0 Å². The number of rotatable bonds is 5. The standard InChI is InChI=1S/C9H19NO2/c1-7(2)8(10)5-4-6-9(11)12-3/h7-8H,4-6,10H2,1-3H3. The van der Waals surface area contributed by atoms with Crippen molar-refractivity contribution in [2.45, 2.75) is 39.2 Å². The molecule has 3 nitrogen and oxygen atoms in total. The van der Waals surface area contributed by atoms with Gasteiger partial charge in [-0.15, -0.1) is 0 Å². The van der Waals surface area contributed by atoms with Crippen LogP contribution in [0, 0.1) is 5.92 Å². The lowest BCUT2D eigenvalue weighted by Crippen LogP contribution is -2.26. The van der Waals surface area contributed by atoms with Crippen LogP contribution in [0.2, 0.25) is 0 Å². The first kappa shape index (κ1) is 11.4. The lowest BCUT2D eigenvalue weighted by Gasteiger charge is -2.14. The van der Waals surface area contributed by atoms with Gasteiger partial charge in [0.25, 0.3) is 0 Å². The Morgan fingerprint density at radius 3 is 2.50 bits per heavy atom. The van der Waals surface area contributed by atoms with E-state index < -0.39 is 0 Å². The SMILES string of the molecule is COC(=O)CCCC(N)C(C)C. The third-order valence-corrected chi connectivity index (χ3v) is 2.00. The second kappa shape index (κ2) is 6.00. The van der Waals surface area contributed by atoms with Gasteiger partial charge in [-0.05, 0) is 18.8 Å². The van der Waals surface area contributed by atoms with E-state index in [9.17, 15) is 4.79 Å². The van der Waals surface area contributed by atoms with E-state index in [4.69, 9.17) is 5.73 Å². The van der Waals surface area contributed by atoms with Gasteiger partial charge in [0.15, 0.2) is 0 Å². The van der Waals surface area contributed by atoms with Gasteiger partial charge in [0, 0.05) is 12.5 Å². The molecule has 0 rings (SSSR count). The zero-order valence-corrected chi connectivity index (χ0v) is 8.17. The largest absolute Gasteiger partial charge is 0.469 e. The number of carbonyl (C=O) groups is 1. The van der Waals surface area contributed by atoms with E-state index in [2.05, 4.69) is 18.6 Å². The minimum atomic E-state index is -0.147. The Morgan fingerprint density at radius 2 is 2.08 bits per heavy atom. The predicted octanol–water partition coefficient (Wildman–Crippen LogP) is 1.31. The minimum absolute atomic E-state index is 0.147. The van der Waals surface area contributed by atoms with Gasteiger partial charge in [-0.3, -0.25) is 4.79 Å². The van der Waals surface area contributed by atoms with Crippen molar-refractivity contribution in [1.29, 1.82) is 0 Å². The summed E-state index contributed by atoms with van der Waals surface area (Å²) >= 11 is 0. The molecule has 0 aliphatic heterocycles. The first-order valence-corrected chi connectivity index (χ1v) is 4.40. The molecule has 0 aliphatic rings. The van der Waals surface area contributed by atoms with E-state index in [1.807, 2.05) is 0 Å². The Labute approximate surface area is 74.3 Å². The summed E-state index contributed by atoms with van der Waals surface area (Å²) in [6.45, 7) is 4.17. The topological polar surface area (TPSA) is 52.3 Å². The molecule has 0 heterocycles. The van der Waals surface area contributed by atoms with E-state index in [-0.39, 0.29) is 12.0 Å². The van der Waals surface area contributed by atoms with E-state index in [0.29, 0.717) is 12.3 Å². The summed E-state index contributed by atoms with van der Waals surface area (Å²) in [5.74, 6) is 0.341. The second-order valence-electron chi connectivity index (χ2n) is 3.38. The van der Waals surface area contributed by atoms with Gasteiger partial charge in [-0.25, -0.2) is 0 Å². The van der Waals surface area contributed by atoms with Crippen LogP contribution in [0.25, 0.3) is 0 Å². The van der Waals surface area contributed by atoms with Crippen molar-refractivity contribution in [1.82, 2.24) is 0 Å². The minimum Gasteiger partial charge on any atom is -0.469 e. The average molecular weight is 173 g/mol. The van der Waals surface area contributed by atoms with Gasteiger partial charge in [0.2, 0.25) is 0 Å². The van der Waals surface area contributed by atoms with Crippen molar-refractivity contribution in [3.8, 4) is 0 Å². The molecule has 0 aromatic carbocycles. The smallest absolute Gasteiger partial charge is 0.305 e. The van der Waals surface area contributed by atoms with Crippen molar-refractivity contribution >= 4 is 5.97 Å². The van der Waals surface area contributed by atoms with Crippen LogP contribution in [0.15, 0.2) is 0 Å². The highest BCUT2D eigenvalue weighted by Crippen LogP contribution is 2.07. The first-order valence-electron chi connectivity index (χ1n) is 4.40. The lowest BCUT2D eigenvalue weighted by atomic mass is 10.00. The summed E-state index contributed by atoms with van der Waals surface area (Å²) in [6.07, 6.45) is 2.20. The monoisotopic (exact) mass is 173 g/mol. The van der Waals surface area contributed by atoms with Crippen LogP contribution in [-0.4, -0.2) is 19.1 Å². The molecule has 0 spiro atoms. The molecular weight excluding hydrogens is 154 g/mol. The molecule has 12 heavy (non-hydrogen) atoms. The molecule has 0 amide bonds. The van der Waals surface area contributed by atoms with Crippen molar-refractivity contribution in [2.24, 2.45) is 11.7 Å². The fraction of sp³-hybridized carbons (Fsp3) is 0.889. The molecule has 0 aromatic rings. The van der Waals surface area contributed by atoms with E-state index >= 15 is 0 Å². The van der Waals surface area contributed by atoms with Gasteiger partial charge in [0.1, 0.15) is 0 Å². The number of hydrogen-bond donors (Lipinski definition) is 1. The van der Waals surface area contributed by atoms with Crippen LogP contribution in [0.5, 0.6) is 0 Å². The average Bonchev–Trinajstić information content (AvgIpc) is 2.03. The molecular formula is C9H19NO2. The third-order valence-electron chi connectivity index (χ3n) is 2.00. The van der Waals surface area contributed by atoms with Crippen LogP contribution in [-0.2, 0) is 9.53 Å². The summed E-state index contributed by atoms with van der Waals surface area (Å²) < 4.78 is 4.51. The summed E-state index contributed by atoms with van der Waals surface area (Å²) in [6, 6.07) is 0.203. The van der Waals surface area contributed by atoms with E-state index in [0.717, 1.165) is 12.8 Å². The van der Waals surface area contributed by atoms with Crippen molar-refractivity contribution < 1.29 is 9.53 Å². The highest BCUT2D eigenvalue weighted by molar-refractivity contribution is 5.68. The quantitative estimate of drug-likeness (QED) is 0.638. The van der Waals surface area contributed by atoms with Crippen molar-refractivity contribution in [2.75, 3.05) is 7.11 Å². The normalized spacial score (nSPS) is 13.1. The van der Waals surface area contributed by atoms with Crippen LogP contribution >= 0.6 is 0 Å². The molecule has 1 unspecified atom stereocenters. The number of esters is 1. The molecule has 0 bridgehead atoms. The fourth-order valence-electron chi connectivity index (χ4n) is 0.917. The Balaban J connectivity index is 3.37. The Bertz CT molecular complexity index is 134. The summed E-state index contributed by atoms with van der Waals surface area (Å²) in [5, 5.41) is 0. The number of methoxy groups -OCH3 is 1. The zero-order chi connectivity index (χ0) is 9.56. The summed E-state index contributed by atoms with van der Waals surface area (Å²) in [7, 11) is 1.41. The van der Waals surface area contributed by atoms with Gasteiger partial charge in [-0.2, -0.15) is 0 Å². The highest BCUT2D eigenvalue weighted by Gasteiger charge is 2.08. The van der Waals surface area contributed by atoms with E-state index in [1.165, 1.54) is 7.11 Å². The summed E-state index contributed by atoms with van der Waals surface area (Å²) in [4.78, 5) is 10.7. The van der Waals surface area contributed by atoms with Gasteiger partial charge < -0.3 is 10.5 Å². The van der Waals surface area contributed by atoms with Crippen LogP contribution < -0.4 is 5.73 Å². The molecule has 0 fully saturated rings. The van der Waals surface area contributed by atoms with Gasteiger partial charge >= 0.3 is 5.97 Å². The first-order chi connectivity index (χ1) is 5.57. The third kappa shape index (κ3) is 5.13.